The smallest absolute Gasteiger partial charge is 0.124 e. The van der Waals surface area contributed by atoms with E-state index in [2.05, 4.69) is 6.07 Å². The van der Waals surface area contributed by atoms with Crippen LogP contribution in [0.2, 0.25) is 0 Å². The number of methoxy groups -OCH3 is 1. The summed E-state index contributed by atoms with van der Waals surface area (Å²) in [6.45, 7) is 0. The average molecular weight is 195 g/mol. The first-order valence-corrected chi connectivity index (χ1v) is 5.37. The van der Waals surface area contributed by atoms with Crippen molar-refractivity contribution in [3.05, 3.63) is 23.8 Å². The molecule has 1 atom stereocenters. The lowest BCUT2D eigenvalue weighted by Crippen LogP contribution is -2.16. The second-order valence-electron chi connectivity index (χ2n) is 3.12. The molecule has 1 heterocycles. The molecule has 0 aromatic heterocycles. The molecule has 0 fully saturated rings. The van der Waals surface area contributed by atoms with E-state index in [9.17, 15) is 0 Å². The van der Waals surface area contributed by atoms with Gasteiger partial charge in [0.15, 0.2) is 0 Å². The summed E-state index contributed by atoms with van der Waals surface area (Å²) >= 11 is 1.86. The zero-order valence-corrected chi connectivity index (χ0v) is 8.43. The normalized spacial score (nSPS) is 20.9. The van der Waals surface area contributed by atoms with Gasteiger partial charge in [0.25, 0.3) is 0 Å². The Kier molecular flexibility index (Phi) is 2.47. The van der Waals surface area contributed by atoms with Crippen molar-refractivity contribution < 1.29 is 4.74 Å². The first-order valence-electron chi connectivity index (χ1n) is 4.38. The Morgan fingerprint density at radius 2 is 2.38 bits per heavy atom. The van der Waals surface area contributed by atoms with Gasteiger partial charge in [-0.15, -0.1) is 11.8 Å². The number of nitrogens with two attached hydrogens (primary N) is 1. The van der Waals surface area contributed by atoms with Crippen molar-refractivity contribution >= 4 is 11.8 Å². The largest absolute Gasteiger partial charge is 0.496 e. The van der Waals surface area contributed by atoms with Gasteiger partial charge in [-0.3, -0.25) is 0 Å². The van der Waals surface area contributed by atoms with E-state index in [0.717, 1.165) is 17.9 Å². The molecular weight excluding hydrogens is 182 g/mol. The average Bonchev–Trinajstić information content (AvgIpc) is 2.17. The predicted octanol–water partition coefficient (Wildman–Crippen LogP) is 2.19. The highest BCUT2D eigenvalue weighted by Gasteiger charge is 2.20. The summed E-state index contributed by atoms with van der Waals surface area (Å²) in [7, 11) is 1.70. The second kappa shape index (κ2) is 3.60. The van der Waals surface area contributed by atoms with E-state index in [1.165, 1.54) is 10.5 Å². The maximum Gasteiger partial charge on any atom is 0.124 e. The van der Waals surface area contributed by atoms with Crippen molar-refractivity contribution in [1.82, 2.24) is 0 Å². The number of hydrogen-bond donors (Lipinski definition) is 1. The third kappa shape index (κ3) is 1.54. The van der Waals surface area contributed by atoms with Crippen LogP contribution in [0.15, 0.2) is 23.1 Å². The van der Waals surface area contributed by atoms with Crippen LogP contribution in [0.3, 0.4) is 0 Å². The Hall–Kier alpha value is -0.670. The molecular formula is C10H13NOS. The Labute approximate surface area is 82.5 Å². The van der Waals surface area contributed by atoms with Crippen molar-refractivity contribution in [2.75, 3.05) is 12.9 Å². The first-order chi connectivity index (χ1) is 6.33. The molecule has 1 aromatic carbocycles. The van der Waals surface area contributed by atoms with Crippen molar-refractivity contribution in [3.63, 3.8) is 0 Å². The topological polar surface area (TPSA) is 35.2 Å². The van der Waals surface area contributed by atoms with E-state index in [-0.39, 0.29) is 6.04 Å². The molecule has 0 aliphatic carbocycles. The van der Waals surface area contributed by atoms with Gasteiger partial charge in [0, 0.05) is 16.5 Å². The van der Waals surface area contributed by atoms with Crippen LogP contribution in [0.1, 0.15) is 18.0 Å². The standard InChI is InChI=1S/C10H13NOS/c1-12-8-3-2-4-9-10(8)7(11)5-6-13-9/h2-4,7H,5-6,11H2,1H3. The van der Waals surface area contributed by atoms with Gasteiger partial charge in [0.2, 0.25) is 0 Å². The van der Waals surface area contributed by atoms with Crippen molar-refractivity contribution in [2.45, 2.75) is 17.4 Å². The Bertz CT molecular complexity index is 300. The third-order valence-electron chi connectivity index (χ3n) is 2.30. The van der Waals surface area contributed by atoms with Crippen LogP contribution < -0.4 is 10.5 Å². The van der Waals surface area contributed by atoms with Crippen LogP contribution in [-0.2, 0) is 0 Å². The molecule has 2 rings (SSSR count). The molecule has 0 amide bonds. The summed E-state index contributed by atoms with van der Waals surface area (Å²) < 4.78 is 5.29. The predicted molar refractivity (Wildman–Crippen MR) is 55.3 cm³/mol. The van der Waals surface area contributed by atoms with Crippen LogP contribution in [0.4, 0.5) is 0 Å². The van der Waals surface area contributed by atoms with Gasteiger partial charge in [-0.1, -0.05) is 6.07 Å². The van der Waals surface area contributed by atoms with Crippen LogP contribution >= 0.6 is 11.8 Å². The van der Waals surface area contributed by atoms with Crippen LogP contribution in [0, 0.1) is 0 Å². The van der Waals surface area contributed by atoms with Crippen LogP contribution in [0.5, 0.6) is 5.75 Å². The lowest BCUT2D eigenvalue weighted by Gasteiger charge is -2.23. The fraction of sp³-hybridized carbons (Fsp3) is 0.400. The van der Waals surface area contributed by atoms with Crippen molar-refractivity contribution in [3.8, 4) is 5.75 Å². The number of fused-ring (bicyclic) bond motifs is 1. The van der Waals surface area contributed by atoms with Crippen molar-refractivity contribution in [1.29, 1.82) is 0 Å². The number of ether oxygens (including phenoxy) is 1. The van der Waals surface area contributed by atoms with E-state index in [1.807, 2.05) is 23.9 Å². The van der Waals surface area contributed by atoms with Gasteiger partial charge in [-0.05, 0) is 24.3 Å². The molecule has 0 saturated carbocycles. The maximum atomic E-state index is 6.03. The fourth-order valence-electron chi connectivity index (χ4n) is 1.63. The minimum atomic E-state index is 0.146. The molecule has 1 unspecified atom stereocenters. The van der Waals surface area contributed by atoms with Gasteiger partial charge in [-0.25, -0.2) is 0 Å². The highest BCUT2D eigenvalue weighted by Crippen LogP contribution is 2.39. The van der Waals surface area contributed by atoms with E-state index < -0.39 is 0 Å². The van der Waals surface area contributed by atoms with E-state index in [1.54, 1.807) is 7.11 Å². The number of benzene rings is 1. The first kappa shape index (κ1) is 8.91. The molecule has 0 radical (unpaired) electrons. The molecule has 0 bridgehead atoms. The molecule has 1 aliphatic heterocycles. The SMILES string of the molecule is COc1cccc2c1C(N)CCS2. The quantitative estimate of drug-likeness (QED) is 0.746. The summed E-state index contributed by atoms with van der Waals surface area (Å²) in [4.78, 5) is 1.28. The van der Waals surface area contributed by atoms with Gasteiger partial charge >= 0.3 is 0 Å². The second-order valence-corrected chi connectivity index (χ2v) is 4.25. The molecule has 3 heteroatoms. The number of hydrogen-bond acceptors (Lipinski definition) is 3. The molecule has 0 spiro atoms. The fourth-order valence-corrected chi connectivity index (χ4v) is 2.81. The molecule has 13 heavy (non-hydrogen) atoms. The Morgan fingerprint density at radius 3 is 3.15 bits per heavy atom. The lowest BCUT2D eigenvalue weighted by atomic mass is 10.0. The minimum Gasteiger partial charge on any atom is -0.496 e. The van der Waals surface area contributed by atoms with Gasteiger partial charge in [0.1, 0.15) is 5.75 Å². The Morgan fingerprint density at radius 1 is 1.54 bits per heavy atom. The zero-order valence-electron chi connectivity index (χ0n) is 7.62. The molecule has 2 nitrogen and oxygen atoms in total. The monoisotopic (exact) mass is 195 g/mol. The van der Waals surface area contributed by atoms with Crippen LogP contribution in [-0.4, -0.2) is 12.9 Å². The van der Waals surface area contributed by atoms with E-state index in [0.29, 0.717) is 0 Å². The van der Waals surface area contributed by atoms with E-state index >= 15 is 0 Å². The van der Waals surface area contributed by atoms with Crippen molar-refractivity contribution in [2.24, 2.45) is 5.73 Å². The zero-order chi connectivity index (χ0) is 9.26. The maximum absolute atomic E-state index is 6.03. The summed E-state index contributed by atoms with van der Waals surface area (Å²) in [6, 6.07) is 6.25. The lowest BCUT2D eigenvalue weighted by molar-refractivity contribution is 0.402. The number of rotatable bonds is 1. The molecule has 2 N–H and O–H groups in total. The molecule has 1 aliphatic rings. The molecule has 70 valence electrons. The van der Waals surface area contributed by atoms with Crippen LogP contribution in [0.25, 0.3) is 0 Å². The highest BCUT2D eigenvalue weighted by atomic mass is 32.2. The molecule has 1 aromatic rings. The third-order valence-corrected chi connectivity index (χ3v) is 3.41. The van der Waals surface area contributed by atoms with Gasteiger partial charge in [0.05, 0.1) is 7.11 Å². The van der Waals surface area contributed by atoms with Gasteiger partial charge in [-0.2, -0.15) is 0 Å². The minimum absolute atomic E-state index is 0.146. The summed E-state index contributed by atoms with van der Waals surface area (Å²) in [5, 5.41) is 0. The Balaban J connectivity index is 2.50. The molecule has 0 saturated heterocycles. The van der Waals surface area contributed by atoms with E-state index in [4.69, 9.17) is 10.5 Å². The van der Waals surface area contributed by atoms with Gasteiger partial charge < -0.3 is 10.5 Å². The summed E-state index contributed by atoms with van der Waals surface area (Å²) in [6.07, 6.45) is 1.04. The summed E-state index contributed by atoms with van der Waals surface area (Å²) in [5.41, 5.74) is 7.21. The summed E-state index contributed by atoms with van der Waals surface area (Å²) in [5.74, 6) is 2.04. The number of thioether (sulfide) groups is 1. The highest BCUT2D eigenvalue weighted by molar-refractivity contribution is 7.99.